The summed E-state index contributed by atoms with van der Waals surface area (Å²) in [6.45, 7) is 1.77. The van der Waals surface area contributed by atoms with E-state index in [9.17, 15) is 14.4 Å². The molecule has 2 amide bonds. The highest BCUT2D eigenvalue weighted by Crippen LogP contribution is 2.22. The number of hydrogen-bond donors (Lipinski definition) is 2. The van der Waals surface area contributed by atoms with Crippen LogP contribution >= 0.6 is 0 Å². The molecule has 0 saturated heterocycles. The Kier molecular flexibility index (Phi) is 5.76. The van der Waals surface area contributed by atoms with Crippen LogP contribution in [0.4, 0.5) is 0 Å². The van der Waals surface area contributed by atoms with E-state index in [1.54, 1.807) is 19.2 Å². The van der Waals surface area contributed by atoms with Crippen molar-refractivity contribution < 1.29 is 14.4 Å². The molecule has 1 unspecified atom stereocenters. The van der Waals surface area contributed by atoms with Crippen molar-refractivity contribution in [2.75, 3.05) is 0 Å². The zero-order valence-electron chi connectivity index (χ0n) is 17.4. The quantitative estimate of drug-likeness (QED) is 0.438. The lowest BCUT2D eigenvalue weighted by Gasteiger charge is -2.17. The Labute approximate surface area is 184 Å². The maximum atomic E-state index is 13.2. The van der Waals surface area contributed by atoms with E-state index in [0.29, 0.717) is 11.4 Å². The second kappa shape index (κ2) is 8.81. The summed E-state index contributed by atoms with van der Waals surface area (Å²) in [4.78, 5) is 41.6. The smallest absolute Gasteiger partial charge is 0.287 e. The van der Waals surface area contributed by atoms with Gasteiger partial charge in [-0.2, -0.15) is 5.10 Å². The lowest BCUT2D eigenvalue weighted by molar-refractivity contribution is -0.137. The van der Waals surface area contributed by atoms with Crippen LogP contribution in [-0.2, 0) is 16.0 Å². The van der Waals surface area contributed by atoms with Gasteiger partial charge >= 0.3 is 0 Å². The largest absolute Gasteiger partial charge is 0.363 e. The zero-order valence-corrected chi connectivity index (χ0v) is 17.4. The summed E-state index contributed by atoms with van der Waals surface area (Å²) in [5.74, 6) is -2.50. The average Bonchev–Trinajstić information content (AvgIpc) is 3.20. The van der Waals surface area contributed by atoms with Crippen LogP contribution in [0.3, 0.4) is 0 Å². The Bertz CT molecular complexity index is 1310. The Morgan fingerprint density at radius 1 is 1.03 bits per heavy atom. The molecule has 0 radical (unpaired) electrons. The average molecular weight is 427 g/mol. The molecule has 0 bridgehead atoms. The van der Waals surface area contributed by atoms with Crippen LogP contribution in [0.25, 0.3) is 16.6 Å². The number of hydrogen-bond acceptors (Lipinski definition) is 5. The lowest BCUT2D eigenvalue weighted by atomic mass is 10.0. The van der Waals surface area contributed by atoms with E-state index in [1.165, 1.54) is 4.68 Å². The number of carbonyl (C=O) groups excluding carboxylic acids is 3. The molecule has 160 valence electrons. The highest BCUT2D eigenvalue weighted by Gasteiger charge is 2.27. The first kappa shape index (κ1) is 20.9. The van der Waals surface area contributed by atoms with Gasteiger partial charge in [-0.25, -0.2) is 4.68 Å². The molecule has 0 aliphatic heterocycles. The van der Waals surface area contributed by atoms with E-state index in [0.717, 1.165) is 16.5 Å². The Morgan fingerprint density at radius 2 is 1.81 bits per heavy atom. The van der Waals surface area contributed by atoms with Crippen molar-refractivity contribution in [1.29, 1.82) is 0 Å². The molecule has 8 heteroatoms. The second-order valence-electron chi connectivity index (χ2n) is 7.37. The van der Waals surface area contributed by atoms with Crippen LogP contribution < -0.4 is 11.1 Å². The Balaban J connectivity index is 1.70. The fraction of sp³-hybridized carbons (Fsp3) is 0.125. The first-order valence-electron chi connectivity index (χ1n) is 10.0. The van der Waals surface area contributed by atoms with Gasteiger partial charge in [0.05, 0.1) is 16.9 Å². The maximum Gasteiger partial charge on any atom is 0.287 e. The molecule has 0 fully saturated rings. The zero-order chi connectivity index (χ0) is 22.7. The third kappa shape index (κ3) is 4.24. The van der Waals surface area contributed by atoms with Crippen LogP contribution in [0, 0.1) is 6.92 Å². The topological polar surface area (TPSA) is 120 Å². The first-order chi connectivity index (χ1) is 15.4. The number of benzene rings is 2. The predicted octanol–water partition coefficient (Wildman–Crippen LogP) is 2.12. The van der Waals surface area contributed by atoms with Gasteiger partial charge < -0.3 is 11.1 Å². The van der Waals surface area contributed by atoms with E-state index in [2.05, 4.69) is 15.4 Å². The third-order valence-electron chi connectivity index (χ3n) is 5.06. The van der Waals surface area contributed by atoms with Gasteiger partial charge in [-0.05, 0) is 42.8 Å². The molecular formula is C24H21N5O3. The molecule has 0 saturated carbocycles. The molecule has 4 rings (SSSR count). The normalized spacial score (nSPS) is 11.8. The number of ketones is 1. The number of Topliss-reactive ketones (excluding diaryl/α,β-unsaturated/α-hetero) is 1. The van der Waals surface area contributed by atoms with Gasteiger partial charge in [-0.1, -0.05) is 36.4 Å². The monoisotopic (exact) mass is 427 g/mol. The van der Waals surface area contributed by atoms with E-state index < -0.39 is 23.6 Å². The molecule has 8 nitrogen and oxygen atoms in total. The molecule has 32 heavy (non-hydrogen) atoms. The number of pyridine rings is 1. The molecule has 0 aliphatic carbocycles. The molecule has 2 aromatic heterocycles. The number of primary amides is 1. The minimum atomic E-state index is -1.10. The van der Waals surface area contributed by atoms with Gasteiger partial charge in [0.1, 0.15) is 11.7 Å². The lowest BCUT2D eigenvalue weighted by Crippen LogP contribution is -2.47. The summed E-state index contributed by atoms with van der Waals surface area (Å²) in [6, 6.07) is 18.9. The van der Waals surface area contributed by atoms with Crippen molar-refractivity contribution >= 4 is 28.5 Å². The number of rotatable bonds is 7. The van der Waals surface area contributed by atoms with Gasteiger partial charge in [0, 0.05) is 18.0 Å². The number of nitrogens with two attached hydrogens (primary N) is 1. The highest BCUT2D eigenvalue weighted by molar-refractivity contribution is 6.38. The van der Waals surface area contributed by atoms with Crippen molar-refractivity contribution in [1.82, 2.24) is 20.1 Å². The molecule has 0 spiro atoms. The summed E-state index contributed by atoms with van der Waals surface area (Å²) in [6.07, 6.45) is 1.83. The van der Waals surface area contributed by atoms with E-state index in [4.69, 9.17) is 5.73 Å². The second-order valence-corrected chi connectivity index (χ2v) is 7.37. The minimum absolute atomic E-state index is 0.139. The summed E-state index contributed by atoms with van der Waals surface area (Å²) < 4.78 is 1.52. The standard InChI is InChI=1S/C24H21N5O3/c1-15-13-21(29(28-15)20-11-5-10-18-17(20)9-6-12-26-18)24(32)27-19(22(30)23(25)31)14-16-7-3-2-4-8-16/h2-13,19H,14H2,1H3,(H2,25,31)(H,27,32). The molecule has 0 aliphatic rings. The first-order valence-corrected chi connectivity index (χ1v) is 10.0. The van der Waals surface area contributed by atoms with Gasteiger partial charge in [-0.15, -0.1) is 0 Å². The van der Waals surface area contributed by atoms with Gasteiger partial charge in [-0.3, -0.25) is 19.4 Å². The number of fused-ring (bicyclic) bond motifs is 1. The Morgan fingerprint density at radius 3 is 2.56 bits per heavy atom. The maximum absolute atomic E-state index is 13.2. The summed E-state index contributed by atoms with van der Waals surface area (Å²) in [5, 5.41) is 7.96. The van der Waals surface area contributed by atoms with Crippen LogP contribution in [0.15, 0.2) is 72.9 Å². The fourth-order valence-electron chi connectivity index (χ4n) is 3.58. The number of aromatic nitrogens is 3. The minimum Gasteiger partial charge on any atom is -0.363 e. The summed E-state index contributed by atoms with van der Waals surface area (Å²) in [7, 11) is 0. The van der Waals surface area contributed by atoms with E-state index in [-0.39, 0.29) is 12.1 Å². The molecule has 2 heterocycles. The van der Waals surface area contributed by atoms with Gasteiger partial charge in [0.15, 0.2) is 0 Å². The van der Waals surface area contributed by atoms with Crippen molar-refractivity contribution in [3.63, 3.8) is 0 Å². The van der Waals surface area contributed by atoms with Crippen LogP contribution in [-0.4, -0.2) is 38.4 Å². The molecule has 1 atom stereocenters. The van der Waals surface area contributed by atoms with Crippen molar-refractivity contribution in [3.8, 4) is 5.69 Å². The van der Waals surface area contributed by atoms with Gasteiger partial charge in [0.2, 0.25) is 5.78 Å². The Hall–Kier alpha value is -4.33. The van der Waals surface area contributed by atoms with Gasteiger partial charge in [0.25, 0.3) is 11.8 Å². The highest BCUT2D eigenvalue weighted by atomic mass is 16.2. The molecule has 3 N–H and O–H groups in total. The van der Waals surface area contributed by atoms with Crippen molar-refractivity contribution in [3.05, 3.63) is 89.9 Å². The molecule has 4 aromatic rings. The SMILES string of the molecule is Cc1cc(C(=O)NC(Cc2ccccc2)C(=O)C(N)=O)n(-c2cccc3ncccc23)n1. The predicted molar refractivity (Wildman–Crippen MR) is 119 cm³/mol. The molecule has 2 aromatic carbocycles. The van der Waals surface area contributed by atoms with Crippen LogP contribution in [0.2, 0.25) is 0 Å². The van der Waals surface area contributed by atoms with E-state index >= 15 is 0 Å². The van der Waals surface area contributed by atoms with Crippen molar-refractivity contribution in [2.45, 2.75) is 19.4 Å². The summed E-state index contributed by atoms with van der Waals surface area (Å²) >= 11 is 0. The number of carbonyl (C=O) groups is 3. The fourth-order valence-corrected chi connectivity index (χ4v) is 3.58. The number of amides is 2. The third-order valence-corrected chi connectivity index (χ3v) is 5.06. The van der Waals surface area contributed by atoms with Crippen molar-refractivity contribution in [2.24, 2.45) is 5.73 Å². The number of nitrogens with zero attached hydrogens (tertiary/aromatic N) is 3. The molecular weight excluding hydrogens is 406 g/mol. The number of nitrogens with one attached hydrogen (secondary N) is 1. The van der Waals surface area contributed by atoms with Crippen LogP contribution in [0.1, 0.15) is 21.7 Å². The van der Waals surface area contributed by atoms with E-state index in [1.807, 2.05) is 60.7 Å². The van der Waals surface area contributed by atoms with Crippen LogP contribution in [0.5, 0.6) is 0 Å². The summed E-state index contributed by atoms with van der Waals surface area (Å²) in [5.41, 5.74) is 8.31. The number of aryl methyl sites for hydroxylation is 1.